The van der Waals surface area contributed by atoms with Crippen LogP contribution < -0.4 is 4.90 Å². The molecule has 108 valence electrons. The van der Waals surface area contributed by atoms with Crippen LogP contribution in [0.4, 0.5) is 5.69 Å². The van der Waals surface area contributed by atoms with Crippen LogP contribution in [-0.2, 0) is 6.42 Å². The second-order valence-electron chi connectivity index (χ2n) is 5.11. The molecule has 0 radical (unpaired) electrons. The molecule has 2 aromatic carbocycles. The minimum Gasteiger partial charge on any atom is -0.412 e. The first-order valence-corrected chi connectivity index (χ1v) is 7.11. The molecule has 0 spiro atoms. The molecular weight excluding hydrogens is 278 g/mol. The number of rotatable bonds is 2. The maximum absolute atomic E-state index is 12.6. The SMILES string of the molecule is O=C(c1nnc(-c2ccccc2)o1)N1CCc2ccccc21. The largest absolute Gasteiger partial charge is 0.412 e. The highest BCUT2D eigenvalue weighted by molar-refractivity contribution is 6.04. The molecule has 0 N–H and O–H groups in total. The van der Waals surface area contributed by atoms with E-state index in [9.17, 15) is 4.79 Å². The van der Waals surface area contributed by atoms with Crippen LogP contribution in [0.2, 0.25) is 0 Å². The van der Waals surface area contributed by atoms with Gasteiger partial charge in [0.05, 0.1) is 0 Å². The van der Waals surface area contributed by atoms with Crippen molar-refractivity contribution in [1.29, 1.82) is 0 Å². The van der Waals surface area contributed by atoms with E-state index in [1.54, 1.807) is 4.90 Å². The average molecular weight is 291 g/mol. The summed E-state index contributed by atoms with van der Waals surface area (Å²) >= 11 is 0. The molecule has 0 atom stereocenters. The number of nitrogens with zero attached hydrogens (tertiary/aromatic N) is 3. The highest BCUT2D eigenvalue weighted by atomic mass is 16.4. The third kappa shape index (κ3) is 2.07. The predicted molar refractivity (Wildman–Crippen MR) is 81.6 cm³/mol. The minimum absolute atomic E-state index is 0.0237. The summed E-state index contributed by atoms with van der Waals surface area (Å²) in [6.45, 7) is 0.640. The maximum Gasteiger partial charge on any atom is 0.315 e. The molecule has 0 unspecified atom stereocenters. The van der Waals surface area contributed by atoms with Crippen molar-refractivity contribution in [2.75, 3.05) is 11.4 Å². The zero-order valence-corrected chi connectivity index (χ0v) is 11.8. The summed E-state index contributed by atoms with van der Waals surface area (Å²) < 4.78 is 5.55. The lowest BCUT2D eigenvalue weighted by atomic mass is 10.2. The first-order valence-electron chi connectivity index (χ1n) is 7.11. The molecule has 1 amide bonds. The quantitative estimate of drug-likeness (QED) is 0.728. The number of carbonyl (C=O) groups excluding carboxylic acids is 1. The lowest BCUT2D eigenvalue weighted by Gasteiger charge is -2.14. The summed E-state index contributed by atoms with van der Waals surface area (Å²) in [4.78, 5) is 14.3. The van der Waals surface area contributed by atoms with Crippen LogP contribution in [0.15, 0.2) is 59.0 Å². The van der Waals surface area contributed by atoms with Gasteiger partial charge < -0.3 is 9.32 Å². The van der Waals surface area contributed by atoms with Crippen molar-refractivity contribution in [2.45, 2.75) is 6.42 Å². The molecular formula is C17H13N3O2. The molecule has 1 aliphatic rings. The number of anilines is 1. The van der Waals surface area contributed by atoms with E-state index in [4.69, 9.17) is 4.42 Å². The van der Waals surface area contributed by atoms with Crippen molar-refractivity contribution >= 4 is 11.6 Å². The Kier molecular flexibility index (Phi) is 2.96. The average Bonchev–Trinajstić information content (AvgIpc) is 3.22. The molecule has 5 heteroatoms. The molecule has 1 aromatic heterocycles. The minimum atomic E-state index is -0.250. The molecule has 3 aromatic rings. The third-order valence-corrected chi connectivity index (χ3v) is 3.76. The first kappa shape index (κ1) is 12.8. The summed E-state index contributed by atoms with van der Waals surface area (Å²) in [6.07, 6.45) is 0.849. The fourth-order valence-electron chi connectivity index (χ4n) is 2.67. The van der Waals surface area contributed by atoms with Gasteiger partial charge in [0.15, 0.2) is 0 Å². The highest BCUT2D eigenvalue weighted by Crippen LogP contribution is 2.29. The van der Waals surface area contributed by atoms with Crippen molar-refractivity contribution in [1.82, 2.24) is 10.2 Å². The number of benzene rings is 2. The van der Waals surface area contributed by atoms with Crippen LogP contribution in [0.1, 0.15) is 16.2 Å². The van der Waals surface area contributed by atoms with Crippen LogP contribution in [0.25, 0.3) is 11.5 Å². The predicted octanol–water partition coefficient (Wildman–Crippen LogP) is 2.94. The Hall–Kier alpha value is -2.95. The van der Waals surface area contributed by atoms with Gasteiger partial charge in [-0.15, -0.1) is 10.2 Å². The van der Waals surface area contributed by atoms with Gasteiger partial charge in [-0.05, 0) is 30.2 Å². The molecule has 0 fully saturated rings. The van der Waals surface area contributed by atoms with Crippen LogP contribution in [0.3, 0.4) is 0 Å². The topological polar surface area (TPSA) is 59.2 Å². The number of hydrogen-bond donors (Lipinski definition) is 0. The van der Waals surface area contributed by atoms with Crippen molar-refractivity contribution in [2.24, 2.45) is 0 Å². The number of hydrogen-bond acceptors (Lipinski definition) is 4. The van der Waals surface area contributed by atoms with Crippen LogP contribution in [-0.4, -0.2) is 22.6 Å². The Morgan fingerprint density at radius 1 is 1.00 bits per heavy atom. The molecule has 4 rings (SSSR count). The molecule has 1 aliphatic heterocycles. The molecule has 2 heterocycles. The zero-order chi connectivity index (χ0) is 14.9. The summed E-state index contributed by atoms with van der Waals surface area (Å²) in [5.74, 6) is 0.131. The normalized spacial score (nSPS) is 13.2. The van der Waals surface area contributed by atoms with Crippen LogP contribution >= 0.6 is 0 Å². The number of carbonyl (C=O) groups is 1. The van der Waals surface area contributed by atoms with Gasteiger partial charge >= 0.3 is 11.8 Å². The summed E-state index contributed by atoms with van der Waals surface area (Å²) in [5.41, 5.74) is 2.89. The van der Waals surface area contributed by atoms with Gasteiger partial charge in [-0.25, -0.2) is 0 Å². The molecule has 0 aliphatic carbocycles. The number of fused-ring (bicyclic) bond motifs is 1. The third-order valence-electron chi connectivity index (χ3n) is 3.76. The van der Waals surface area contributed by atoms with E-state index >= 15 is 0 Å². The van der Waals surface area contributed by atoms with Crippen molar-refractivity contribution in [3.05, 3.63) is 66.1 Å². The van der Waals surface area contributed by atoms with Gasteiger partial charge in [0, 0.05) is 17.8 Å². The van der Waals surface area contributed by atoms with E-state index in [1.165, 1.54) is 5.56 Å². The van der Waals surface area contributed by atoms with Gasteiger partial charge in [0.25, 0.3) is 0 Å². The second-order valence-corrected chi connectivity index (χ2v) is 5.11. The lowest BCUT2D eigenvalue weighted by Crippen LogP contribution is -2.29. The molecule has 5 nitrogen and oxygen atoms in total. The summed E-state index contributed by atoms with van der Waals surface area (Å²) in [5, 5.41) is 7.87. The number of amides is 1. The molecule has 0 bridgehead atoms. The summed E-state index contributed by atoms with van der Waals surface area (Å²) in [6, 6.07) is 17.3. The van der Waals surface area contributed by atoms with Gasteiger partial charge in [-0.2, -0.15) is 0 Å². The smallest absolute Gasteiger partial charge is 0.315 e. The lowest BCUT2D eigenvalue weighted by molar-refractivity contribution is 0.0956. The van der Waals surface area contributed by atoms with Crippen LogP contribution in [0.5, 0.6) is 0 Å². The van der Waals surface area contributed by atoms with E-state index in [0.29, 0.717) is 12.4 Å². The Balaban J connectivity index is 1.64. The first-order chi connectivity index (χ1) is 10.8. The highest BCUT2D eigenvalue weighted by Gasteiger charge is 2.28. The summed E-state index contributed by atoms with van der Waals surface area (Å²) in [7, 11) is 0. The van der Waals surface area contributed by atoms with E-state index in [2.05, 4.69) is 10.2 Å². The standard InChI is InChI=1S/C17H13N3O2/c21-17(20-11-10-12-6-4-5-9-14(12)20)16-19-18-15(22-16)13-7-2-1-3-8-13/h1-9H,10-11H2. The fraction of sp³-hybridized carbons (Fsp3) is 0.118. The van der Waals surface area contributed by atoms with E-state index in [1.807, 2.05) is 54.6 Å². The Morgan fingerprint density at radius 3 is 2.64 bits per heavy atom. The molecule has 0 saturated heterocycles. The van der Waals surface area contributed by atoms with E-state index in [0.717, 1.165) is 17.7 Å². The van der Waals surface area contributed by atoms with Crippen LogP contribution in [0, 0.1) is 0 Å². The number of aromatic nitrogens is 2. The van der Waals surface area contributed by atoms with Crippen molar-refractivity contribution in [3.8, 4) is 11.5 Å². The zero-order valence-electron chi connectivity index (χ0n) is 11.8. The monoisotopic (exact) mass is 291 g/mol. The maximum atomic E-state index is 12.6. The van der Waals surface area contributed by atoms with E-state index in [-0.39, 0.29) is 11.8 Å². The van der Waals surface area contributed by atoms with Crippen molar-refractivity contribution in [3.63, 3.8) is 0 Å². The van der Waals surface area contributed by atoms with Gasteiger partial charge in [0.2, 0.25) is 5.89 Å². The van der Waals surface area contributed by atoms with Gasteiger partial charge in [-0.1, -0.05) is 36.4 Å². The van der Waals surface area contributed by atoms with E-state index < -0.39 is 0 Å². The Labute approximate surface area is 127 Å². The molecule has 0 saturated carbocycles. The Morgan fingerprint density at radius 2 is 1.77 bits per heavy atom. The second kappa shape index (κ2) is 5.11. The van der Waals surface area contributed by atoms with Crippen molar-refractivity contribution < 1.29 is 9.21 Å². The Bertz CT molecular complexity index is 827. The van der Waals surface area contributed by atoms with Gasteiger partial charge in [0.1, 0.15) is 0 Å². The fourth-order valence-corrected chi connectivity index (χ4v) is 2.67. The van der Waals surface area contributed by atoms with Gasteiger partial charge in [-0.3, -0.25) is 4.79 Å². The number of para-hydroxylation sites is 1. The molecule has 22 heavy (non-hydrogen) atoms.